The maximum absolute atomic E-state index is 11.9. The van der Waals surface area contributed by atoms with Gasteiger partial charge in [-0.25, -0.2) is 0 Å². The summed E-state index contributed by atoms with van der Waals surface area (Å²) in [6, 6.07) is 10.1. The molecule has 2 rings (SSSR count). The highest BCUT2D eigenvalue weighted by Crippen LogP contribution is 2.26. The van der Waals surface area contributed by atoms with E-state index >= 15 is 0 Å². The van der Waals surface area contributed by atoms with Gasteiger partial charge in [0.25, 0.3) is 0 Å². The number of rotatable bonds is 3. The third kappa shape index (κ3) is 4.35. The van der Waals surface area contributed by atoms with Crippen LogP contribution in [0.15, 0.2) is 30.3 Å². The first-order chi connectivity index (χ1) is 9.33. The fraction of sp³-hybridized carbons (Fsp3) is 0.562. The van der Waals surface area contributed by atoms with E-state index in [-0.39, 0.29) is 17.9 Å². The maximum Gasteiger partial charge on any atom is 0.314 e. The second kappa shape index (κ2) is 8.70. The summed E-state index contributed by atoms with van der Waals surface area (Å²) in [6.45, 7) is 4.99. The molecule has 1 aliphatic heterocycles. The topological polar surface area (TPSA) is 38.3 Å². The highest BCUT2D eigenvalue weighted by atomic mass is 16.5. The zero-order valence-electron chi connectivity index (χ0n) is 12.2. The second-order valence-corrected chi connectivity index (χ2v) is 4.47. The molecular weight excluding hydrogens is 238 g/mol. The van der Waals surface area contributed by atoms with Crippen molar-refractivity contribution in [3.05, 3.63) is 35.9 Å². The quantitative estimate of drug-likeness (QED) is 0.852. The number of carbonyl (C=O) groups is 1. The molecule has 1 N–H and O–H groups in total. The lowest BCUT2D eigenvalue weighted by molar-refractivity contribution is -0.143. The fourth-order valence-corrected chi connectivity index (χ4v) is 2.48. The molecule has 3 heteroatoms. The smallest absolute Gasteiger partial charge is 0.314 e. The van der Waals surface area contributed by atoms with Gasteiger partial charge in [-0.1, -0.05) is 50.6 Å². The van der Waals surface area contributed by atoms with E-state index < -0.39 is 0 Å². The van der Waals surface area contributed by atoms with Crippen molar-refractivity contribution >= 4 is 5.97 Å². The summed E-state index contributed by atoms with van der Waals surface area (Å²) in [5.74, 6) is -0.322. The lowest BCUT2D eigenvalue weighted by Crippen LogP contribution is -2.42. The van der Waals surface area contributed by atoms with Crippen LogP contribution in [-0.4, -0.2) is 25.7 Å². The van der Waals surface area contributed by atoms with Gasteiger partial charge in [0, 0.05) is 6.04 Å². The number of esters is 1. The van der Waals surface area contributed by atoms with Crippen molar-refractivity contribution in [2.45, 2.75) is 45.1 Å². The average Bonchev–Trinajstić information content (AvgIpc) is 2.51. The number of carbonyl (C=O) groups excluding carboxylic acids is 1. The minimum Gasteiger partial charge on any atom is -0.469 e. The molecule has 3 nitrogen and oxygen atoms in total. The van der Waals surface area contributed by atoms with Gasteiger partial charge in [-0.05, 0) is 24.9 Å². The molecule has 0 aliphatic carbocycles. The number of benzene rings is 1. The molecule has 1 heterocycles. The summed E-state index contributed by atoms with van der Waals surface area (Å²) in [5.41, 5.74) is 1.04. The highest BCUT2D eigenvalue weighted by molar-refractivity contribution is 5.79. The molecule has 0 bridgehead atoms. The van der Waals surface area contributed by atoms with Crippen molar-refractivity contribution in [1.29, 1.82) is 0 Å². The normalized spacial score (nSPS) is 19.8. The Morgan fingerprint density at radius 1 is 1.26 bits per heavy atom. The molecule has 1 aromatic rings. The van der Waals surface area contributed by atoms with Gasteiger partial charge in [-0.3, -0.25) is 4.79 Å². The zero-order chi connectivity index (χ0) is 14.1. The third-order valence-corrected chi connectivity index (χ3v) is 3.36. The summed E-state index contributed by atoms with van der Waals surface area (Å²) in [4.78, 5) is 11.9. The number of ether oxygens (including phenoxy) is 1. The monoisotopic (exact) mass is 263 g/mol. The van der Waals surface area contributed by atoms with Crippen LogP contribution in [0.25, 0.3) is 0 Å². The molecule has 1 saturated heterocycles. The van der Waals surface area contributed by atoms with E-state index in [1.54, 1.807) is 0 Å². The van der Waals surface area contributed by atoms with E-state index in [4.69, 9.17) is 4.74 Å². The Morgan fingerprint density at radius 3 is 2.47 bits per heavy atom. The molecule has 0 amide bonds. The van der Waals surface area contributed by atoms with E-state index in [2.05, 4.69) is 5.32 Å². The Kier molecular flexibility index (Phi) is 7.19. The highest BCUT2D eigenvalue weighted by Gasteiger charge is 2.31. The Hall–Kier alpha value is -1.35. The summed E-state index contributed by atoms with van der Waals surface area (Å²) in [7, 11) is 1.46. The van der Waals surface area contributed by atoms with Gasteiger partial charge in [0.05, 0.1) is 13.0 Å². The Labute approximate surface area is 116 Å². The van der Waals surface area contributed by atoms with Gasteiger partial charge in [-0.2, -0.15) is 0 Å². The standard InChI is InChI=1S/C14H19NO2.C2H6/c1-17-14(16)13(11-7-3-2-4-8-11)12-9-5-6-10-15-12;1-2/h2-4,7-8,12-13,15H,5-6,9-10H2,1H3;1-2H3. The average molecular weight is 263 g/mol. The number of hydrogen-bond acceptors (Lipinski definition) is 3. The van der Waals surface area contributed by atoms with Crippen molar-refractivity contribution in [3.8, 4) is 0 Å². The second-order valence-electron chi connectivity index (χ2n) is 4.47. The molecule has 2 unspecified atom stereocenters. The van der Waals surface area contributed by atoms with E-state index in [1.165, 1.54) is 20.0 Å². The zero-order valence-corrected chi connectivity index (χ0v) is 12.2. The minimum atomic E-state index is -0.179. The number of hydrogen-bond donors (Lipinski definition) is 1. The van der Waals surface area contributed by atoms with Gasteiger partial charge < -0.3 is 10.1 Å². The molecule has 1 aliphatic rings. The van der Waals surface area contributed by atoms with Crippen LogP contribution in [0.5, 0.6) is 0 Å². The Balaban J connectivity index is 0.000000861. The van der Waals surface area contributed by atoms with Crippen LogP contribution in [0.4, 0.5) is 0 Å². The largest absolute Gasteiger partial charge is 0.469 e. The molecule has 19 heavy (non-hydrogen) atoms. The van der Waals surface area contributed by atoms with Gasteiger partial charge >= 0.3 is 5.97 Å². The Bertz CT molecular complexity index is 358. The Morgan fingerprint density at radius 2 is 1.95 bits per heavy atom. The molecule has 0 aromatic heterocycles. The van der Waals surface area contributed by atoms with Crippen LogP contribution in [0.3, 0.4) is 0 Å². The molecule has 0 spiro atoms. The van der Waals surface area contributed by atoms with Crippen molar-refractivity contribution in [2.24, 2.45) is 0 Å². The number of methoxy groups -OCH3 is 1. The van der Waals surface area contributed by atoms with Crippen LogP contribution in [0, 0.1) is 0 Å². The van der Waals surface area contributed by atoms with E-state index in [9.17, 15) is 4.79 Å². The first-order valence-corrected chi connectivity index (χ1v) is 7.19. The van der Waals surface area contributed by atoms with Crippen molar-refractivity contribution in [2.75, 3.05) is 13.7 Å². The lowest BCUT2D eigenvalue weighted by Gasteiger charge is -2.29. The minimum absolute atomic E-state index is 0.143. The summed E-state index contributed by atoms with van der Waals surface area (Å²) >= 11 is 0. The summed E-state index contributed by atoms with van der Waals surface area (Å²) < 4.78 is 4.94. The predicted molar refractivity (Wildman–Crippen MR) is 78.2 cm³/mol. The van der Waals surface area contributed by atoms with E-state index in [0.717, 1.165) is 18.5 Å². The van der Waals surface area contributed by atoms with Crippen LogP contribution >= 0.6 is 0 Å². The molecule has 0 radical (unpaired) electrons. The molecule has 0 saturated carbocycles. The van der Waals surface area contributed by atoms with E-state index in [1.807, 2.05) is 44.2 Å². The van der Waals surface area contributed by atoms with Gasteiger partial charge in [0.15, 0.2) is 0 Å². The van der Waals surface area contributed by atoms with E-state index in [0.29, 0.717) is 0 Å². The third-order valence-electron chi connectivity index (χ3n) is 3.36. The molecular formula is C16H25NO2. The van der Waals surface area contributed by atoms with Crippen LogP contribution in [0.2, 0.25) is 0 Å². The van der Waals surface area contributed by atoms with Gasteiger partial charge in [0.1, 0.15) is 0 Å². The maximum atomic E-state index is 11.9. The van der Waals surface area contributed by atoms with Gasteiger partial charge in [-0.15, -0.1) is 0 Å². The molecule has 1 aromatic carbocycles. The molecule has 1 fully saturated rings. The fourth-order valence-electron chi connectivity index (χ4n) is 2.48. The van der Waals surface area contributed by atoms with Crippen molar-refractivity contribution in [1.82, 2.24) is 5.32 Å². The van der Waals surface area contributed by atoms with Crippen LogP contribution in [0.1, 0.15) is 44.6 Å². The summed E-state index contributed by atoms with van der Waals surface area (Å²) in [6.07, 6.45) is 3.41. The summed E-state index contributed by atoms with van der Waals surface area (Å²) in [5, 5.41) is 3.43. The van der Waals surface area contributed by atoms with Gasteiger partial charge in [0.2, 0.25) is 0 Å². The first kappa shape index (κ1) is 15.7. The van der Waals surface area contributed by atoms with Crippen LogP contribution < -0.4 is 5.32 Å². The predicted octanol–water partition coefficient (Wildman–Crippen LogP) is 3.11. The lowest BCUT2D eigenvalue weighted by atomic mass is 9.86. The molecule has 106 valence electrons. The van der Waals surface area contributed by atoms with Crippen LogP contribution in [-0.2, 0) is 9.53 Å². The number of piperidine rings is 1. The first-order valence-electron chi connectivity index (χ1n) is 7.19. The SMILES string of the molecule is CC.COC(=O)C(c1ccccc1)C1CCCCN1. The van der Waals surface area contributed by atoms with Crippen molar-refractivity contribution < 1.29 is 9.53 Å². The van der Waals surface area contributed by atoms with Crippen molar-refractivity contribution in [3.63, 3.8) is 0 Å². The molecule has 2 atom stereocenters. The number of nitrogens with one attached hydrogen (secondary N) is 1.